The first-order chi connectivity index (χ1) is 16.6. The van der Waals surface area contributed by atoms with E-state index in [-0.39, 0.29) is 11.5 Å². The van der Waals surface area contributed by atoms with Crippen molar-refractivity contribution in [2.75, 3.05) is 18.1 Å². The fraction of sp³-hybridized carbons (Fsp3) is 0.222. The molecule has 3 aliphatic rings. The molecule has 7 rings (SSSR count). The Morgan fingerprint density at radius 3 is 2.74 bits per heavy atom. The molecule has 7 heteroatoms. The van der Waals surface area contributed by atoms with Gasteiger partial charge < -0.3 is 14.2 Å². The van der Waals surface area contributed by atoms with Crippen LogP contribution in [-0.4, -0.2) is 23.2 Å². The highest BCUT2D eigenvalue weighted by Gasteiger charge is 2.51. The standard InChI is InChI=1S/C27H22N3O4/c1-17-20-12-22-26(13-25(20)34-30(17)31)32-16-27(22)15-29(23-5-3-2-4-21(23)27)14-18-6-8-19(9-7-18)24-10-11-28-33-24/h2-13,17H,14-16H2,1H3/q+1. The number of aromatic nitrogens is 1. The summed E-state index contributed by atoms with van der Waals surface area (Å²) in [6.45, 7) is 4.02. The second-order valence-corrected chi connectivity index (χ2v) is 9.26. The lowest BCUT2D eigenvalue weighted by Gasteiger charge is -2.25. The smallest absolute Gasteiger partial charge is 0.284 e. The van der Waals surface area contributed by atoms with Gasteiger partial charge in [-0.15, -0.1) is 0 Å². The lowest BCUT2D eigenvalue weighted by atomic mass is 9.77. The van der Waals surface area contributed by atoms with Gasteiger partial charge >= 0.3 is 0 Å². The molecule has 168 valence electrons. The van der Waals surface area contributed by atoms with Crippen LogP contribution in [0.4, 0.5) is 5.69 Å². The first-order valence-corrected chi connectivity index (χ1v) is 11.4. The number of ether oxygens (including phenoxy) is 1. The Kier molecular flexibility index (Phi) is 3.95. The van der Waals surface area contributed by atoms with E-state index in [1.54, 1.807) is 6.20 Å². The number of fused-ring (bicyclic) bond motifs is 5. The van der Waals surface area contributed by atoms with E-state index in [1.807, 2.05) is 19.1 Å². The van der Waals surface area contributed by atoms with Crippen molar-refractivity contribution in [1.29, 1.82) is 0 Å². The Hall–Kier alpha value is -4.13. The lowest BCUT2D eigenvalue weighted by Crippen LogP contribution is -2.36. The summed E-state index contributed by atoms with van der Waals surface area (Å²) < 4.78 is 11.5. The van der Waals surface area contributed by atoms with Crippen LogP contribution < -0.4 is 14.5 Å². The highest BCUT2D eigenvalue weighted by molar-refractivity contribution is 5.70. The Bertz CT molecular complexity index is 1430. The fourth-order valence-corrected chi connectivity index (χ4v) is 5.55. The van der Waals surface area contributed by atoms with Crippen LogP contribution in [0, 0.1) is 4.91 Å². The third-order valence-electron chi connectivity index (χ3n) is 7.33. The van der Waals surface area contributed by atoms with Gasteiger partial charge in [0.15, 0.2) is 5.76 Å². The quantitative estimate of drug-likeness (QED) is 0.426. The van der Waals surface area contributed by atoms with E-state index in [1.165, 1.54) is 16.8 Å². The van der Waals surface area contributed by atoms with E-state index in [2.05, 4.69) is 64.7 Å². The molecule has 0 aliphatic carbocycles. The third kappa shape index (κ3) is 2.67. The molecule has 0 amide bonds. The Morgan fingerprint density at radius 2 is 1.91 bits per heavy atom. The van der Waals surface area contributed by atoms with Gasteiger partial charge in [-0.2, -0.15) is 4.84 Å². The molecule has 3 aliphatic heterocycles. The normalized spacial score (nSPS) is 21.9. The summed E-state index contributed by atoms with van der Waals surface area (Å²) in [5, 5.41) is 3.80. The van der Waals surface area contributed by atoms with Crippen LogP contribution in [0.15, 0.2) is 77.4 Å². The number of para-hydroxylation sites is 1. The molecule has 0 saturated heterocycles. The van der Waals surface area contributed by atoms with Crippen LogP contribution in [0.3, 0.4) is 0 Å². The molecule has 3 aromatic carbocycles. The predicted molar refractivity (Wildman–Crippen MR) is 125 cm³/mol. The molecular weight excluding hydrogens is 430 g/mol. The fourth-order valence-electron chi connectivity index (χ4n) is 5.55. The van der Waals surface area contributed by atoms with Crippen LogP contribution in [0.5, 0.6) is 11.5 Å². The molecule has 4 aromatic rings. The molecule has 2 atom stereocenters. The van der Waals surface area contributed by atoms with Crippen molar-refractivity contribution >= 4 is 5.69 Å². The monoisotopic (exact) mass is 452 g/mol. The molecule has 7 nitrogen and oxygen atoms in total. The summed E-state index contributed by atoms with van der Waals surface area (Å²) in [6, 6.07) is 22.5. The zero-order valence-electron chi connectivity index (χ0n) is 18.6. The zero-order chi connectivity index (χ0) is 22.9. The summed E-state index contributed by atoms with van der Waals surface area (Å²) in [7, 11) is 0. The van der Waals surface area contributed by atoms with Crippen LogP contribution in [0.2, 0.25) is 0 Å². The Morgan fingerprint density at radius 1 is 1.06 bits per heavy atom. The van der Waals surface area contributed by atoms with Crippen molar-refractivity contribution in [3.8, 4) is 22.8 Å². The van der Waals surface area contributed by atoms with Gasteiger partial charge in [-0.3, -0.25) is 0 Å². The zero-order valence-corrected chi connectivity index (χ0v) is 18.6. The number of rotatable bonds is 3. The first kappa shape index (κ1) is 19.3. The molecule has 34 heavy (non-hydrogen) atoms. The molecule has 0 bridgehead atoms. The summed E-state index contributed by atoms with van der Waals surface area (Å²) in [6.07, 6.45) is 1.65. The third-order valence-corrected chi connectivity index (χ3v) is 7.33. The minimum absolute atomic E-state index is 0.281. The highest BCUT2D eigenvalue weighted by atomic mass is 16.8. The minimum atomic E-state index is -0.339. The molecule has 1 aromatic heterocycles. The number of hydrogen-bond acceptors (Lipinski definition) is 6. The van der Waals surface area contributed by atoms with Crippen molar-refractivity contribution in [1.82, 2.24) is 5.16 Å². The van der Waals surface area contributed by atoms with Crippen LogP contribution in [-0.2, 0) is 12.0 Å². The van der Waals surface area contributed by atoms with E-state index in [0.717, 1.165) is 41.3 Å². The number of nitrogens with zero attached hydrogens (tertiary/aromatic N) is 3. The SMILES string of the molecule is CC1c2cc3c(cc2O[N+]1=O)OCC31CN(Cc2ccc(-c3ccno3)cc2)c2ccccc21. The van der Waals surface area contributed by atoms with Crippen LogP contribution >= 0.6 is 0 Å². The Labute approximate surface area is 196 Å². The van der Waals surface area contributed by atoms with Gasteiger partial charge in [-0.25, -0.2) is 0 Å². The van der Waals surface area contributed by atoms with Gasteiger partial charge in [-0.1, -0.05) is 47.6 Å². The average molecular weight is 452 g/mol. The molecule has 4 heterocycles. The summed E-state index contributed by atoms with van der Waals surface area (Å²) in [4.78, 5) is 20.5. The highest BCUT2D eigenvalue weighted by Crippen LogP contribution is 2.54. The predicted octanol–water partition coefficient (Wildman–Crippen LogP) is 5.19. The summed E-state index contributed by atoms with van der Waals surface area (Å²) in [5.41, 5.74) is 6.47. The maximum Gasteiger partial charge on any atom is 0.284 e. The van der Waals surface area contributed by atoms with Gasteiger partial charge in [0.2, 0.25) is 10.7 Å². The molecule has 0 fully saturated rings. The van der Waals surface area contributed by atoms with Crippen molar-refractivity contribution in [3.05, 3.63) is 100 Å². The number of benzene rings is 3. The van der Waals surface area contributed by atoms with Gasteiger partial charge in [0.05, 0.1) is 22.1 Å². The summed E-state index contributed by atoms with van der Waals surface area (Å²) >= 11 is 0. The van der Waals surface area contributed by atoms with E-state index >= 15 is 0 Å². The maximum absolute atomic E-state index is 12.1. The minimum Gasteiger partial charge on any atom is -0.492 e. The van der Waals surface area contributed by atoms with E-state index in [0.29, 0.717) is 17.3 Å². The van der Waals surface area contributed by atoms with E-state index < -0.39 is 0 Å². The second kappa shape index (κ2) is 6.93. The maximum atomic E-state index is 12.1. The molecule has 1 spiro atoms. The van der Waals surface area contributed by atoms with Crippen LogP contribution in [0.25, 0.3) is 11.3 Å². The molecule has 0 radical (unpaired) electrons. The molecule has 0 N–H and O–H groups in total. The van der Waals surface area contributed by atoms with Gasteiger partial charge in [0.1, 0.15) is 12.4 Å². The Balaban J connectivity index is 1.25. The number of anilines is 1. The second-order valence-electron chi connectivity index (χ2n) is 9.26. The van der Waals surface area contributed by atoms with Crippen molar-refractivity contribution in [2.24, 2.45) is 0 Å². The van der Waals surface area contributed by atoms with E-state index in [9.17, 15) is 4.91 Å². The molecule has 0 saturated carbocycles. The van der Waals surface area contributed by atoms with E-state index in [4.69, 9.17) is 14.1 Å². The van der Waals surface area contributed by atoms with Gasteiger partial charge in [0.25, 0.3) is 6.04 Å². The van der Waals surface area contributed by atoms with Crippen LogP contribution in [0.1, 0.15) is 35.2 Å². The molecule has 2 unspecified atom stereocenters. The lowest BCUT2D eigenvalue weighted by molar-refractivity contribution is -0.777. The topological polar surface area (TPSA) is 67.8 Å². The van der Waals surface area contributed by atoms with Gasteiger partial charge in [0, 0.05) is 49.0 Å². The van der Waals surface area contributed by atoms with Gasteiger partial charge in [-0.05, 0) is 23.3 Å². The van der Waals surface area contributed by atoms with Crippen molar-refractivity contribution in [2.45, 2.75) is 24.9 Å². The first-order valence-electron chi connectivity index (χ1n) is 11.4. The largest absolute Gasteiger partial charge is 0.492 e. The average Bonchev–Trinajstić information content (AvgIpc) is 3.63. The van der Waals surface area contributed by atoms with Crippen molar-refractivity contribution in [3.63, 3.8) is 0 Å². The van der Waals surface area contributed by atoms with Crippen molar-refractivity contribution < 1.29 is 19.0 Å². The summed E-state index contributed by atoms with van der Waals surface area (Å²) in [5.74, 6) is 2.15. The molecular formula is C27H22N3O4+. The number of hydrogen-bond donors (Lipinski definition) is 0.